The lowest BCUT2D eigenvalue weighted by molar-refractivity contribution is -0.154. The Kier molecular flexibility index (Phi) is 7.85. The van der Waals surface area contributed by atoms with E-state index in [1.807, 2.05) is 37.5 Å². The molecule has 4 heterocycles. The normalized spacial score (nSPS) is 20.6. The topological polar surface area (TPSA) is 81.5 Å². The molecule has 38 heavy (non-hydrogen) atoms. The van der Waals surface area contributed by atoms with Crippen LogP contribution in [0.5, 0.6) is 5.88 Å². The molecule has 2 atom stereocenters. The maximum absolute atomic E-state index is 12.9. The number of aryl methyl sites for hydroxylation is 1. The fourth-order valence-electron chi connectivity index (χ4n) is 5.17. The molecule has 0 bridgehead atoms. The van der Waals surface area contributed by atoms with Gasteiger partial charge in [0.05, 0.1) is 29.8 Å². The van der Waals surface area contributed by atoms with Gasteiger partial charge in [-0.1, -0.05) is 12.1 Å². The smallest absolute Gasteiger partial charge is 0.422 e. The number of benzene rings is 1. The Balaban J connectivity index is 1.06. The van der Waals surface area contributed by atoms with Gasteiger partial charge in [0.1, 0.15) is 0 Å². The molecule has 5 rings (SSSR count). The molecule has 0 radical (unpaired) electrons. The van der Waals surface area contributed by atoms with E-state index in [1.165, 1.54) is 6.07 Å². The molecule has 2 aliphatic rings. The number of carbonyl (C=O) groups excluding carboxylic acids is 1. The SMILES string of the molecule is Cn1cc2c(C(=O)N[C@H]3CC[C@H](CCN4CCc5ccc(OCC(F)(F)F)nc5CC4)OC3)cccc2n1. The summed E-state index contributed by atoms with van der Waals surface area (Å²) in [6.07, 6.45) is 1.69. The molecule has 1 fully saturated rings. The molecule has 11 heteroatoms. The first-order chi connectivity index (χ1) is 18.2. The number of amides is 1. The molecule has 2 aromatic heterocycles. The number of carbonyl (C=O) groups is 1. The molecule has 0 unspecified atom stereocenters. The highest BCUT2D eigenvalue weighted by Crippen LogP contribution is 2.23. The van der Waals surface area contributed by atoms with Gasteiger partial charge in [0.25, 0.3) is 5.91 Å². The van der Waals surface area contributed by atoms with E-state index in [0.717, 1.165) is 67.5 Å². The van der Waals surface area contributed by atoms with Crippen molar-refractivity contribution < 1.29 is 27.4 Å². The molecule has 1 saturated heterocycles. The van der Waals surface area contributed by atoms with Gasteiger partial charge in [0.2, 0.25) is 5.88 Å². The number of hydrogen-bond donors (Lipinski definition) is 1. The summed E-state index contributed by atoms with van der Waals surface area (Å²) in [4.78, 5) is 19.6. The molecule has 1 N–H and O–H groups in total. The highest BCUT2D eigenvalue weighted by atomic mass is 19.4. The lowest BCUT2D eigenvalue weighted by Gasteiger charge is -2.31. The lowest BCUT2D eigenvalue weighted by Crippen LogP contribution is -2.43. The zero-order valence-corrected chi connectivity index (χ0v) is 21.3. The van der Waals surface area contributed by atoms with Crippen LogP contribution in [0.2, 0.25) is 0 Å². The first kappa shape index (κ1) is 26.4. The van der Waals surface area contributed by atoms with Crippen molar-refractivity contribution in [1.82, 2.24) is 25.0 Å². The van der Waals surface area contributed by atoms with Gasteiger partial charge < -0.3 is 19.7 Å². The molecular weight excluding hydrogens is 499 g/mol. The lowest BCUT2D eigenvalue weighted by atomic mass is 10.0. The van der Waals surface area contributed by atoms with Crippen molar-refractivity contribution in [2.75, 3.05) is 32.8 Å². The Morgan fingerprint density at radius 1 is 1.18 bits per heavy atom. The van der Waals surface area contributed by atoms with Crippen LogP contribution in [-0.2, 0) is 24.6 Å². The second-order valence-corrected chi connectivity index (χ2v) is 10.0. The number of alkyl halides is 3. The quantitative estimate of drug-likeness (QED) is 0.501. The van der Waals surface area contributed by atoms with Crippen LogP contribution in [-0.4, -0.2) is 76.7 Å². The Morgan fingerprint density at radius 3 is 2.82 bits per heavy atom. The monoisotopic (exact) mass is 531 g/mol. The minimum atomic E-state index is -4.38. The van der Waals surface area contributed by atoms with Crippen LogP contribution in [0.3, 0.4) is 0 Å². The van der Waals surface area contributed by atoms with Crippen LogP contribution < -0.4 is 10.1 Å². The fourth-order valence-corrected chi connectivity index (χ4v) is 5.17. The van der Waals surface area contributed by atoms with Crippen LogP contribution in [0, 0.1) is 0 Å². The van der Waals surface area contributed by atoms with Gasteiger partial charge in [-0.3, -0.25) is 9.48 Å². The molecule has 204 valence electrons. The van der Waals surface area contributed by atoms with E-state index < -0.39 is 12.8 Å². The van der Waals surface area contributed by atoms with Gasteiger partial charge in [-0.25, -0.2) is 4.98 Å². The summed E-state index contributed by atoms with van der Waals surface area (Å²) in [7, 11) is 1.84. The average Bonchev–Trinajstić information content (AvgIpc) is 3.16. The Morgan fingerprint density at radius 2 is 2.03 bits per heavy atom. The fraction of sp³-hybridized carbons (Fsp3) is 0.519. The Labute approximate surface area is 219 Å². The number of pyridine rings is 1. The maximum Gasteiger partial charge on any atom is 0.422 e. The van der Waals surface area contributed by atoms with Crippen molar-refractivity contribution in [3.63, 3.8) is 0 Å². The van der Waals surface area contributed by atoms with E-state index in [4.69, 9.17) is 9.47 Å². The van der Waals surface area contributed by atoms with E-state index in [-0.39, 0.29) is 23.9 Å². The summed E-state index contributed by atoms with van der Waals surface area (Å²) in [5.74, 6) is -0.0933. The number of hydrogen-bond acceptors (Lipinski definition) is 6. The standard InChI is InChI=1S/C27H32F3N5O3/c1-34-15-22-21(3-2-4-24(22)33-34)26(36)31-19-6-7-20(37-16-19)10-13-35-12-9-18-5-8-25(32-23(18)11-14-35)38-17-27(28,29)30/h2-5,8,15,19-20H,6-7,9-14,16-17H2,1H3,(H,31,36)/t19-,20+/m0/s1. The molecule has 8 nitrogen and oxygen atoms in total. The third kappa shape index (κ3) is 6.63. The van der Waals surface area contributed by atoms with E-state index in [0.29, 0.717) is 18.6 Å². The van der Waals surface area contributed by atoms with Gasteiger partial charge in [0.15, 0.2) is 6.61 Å². The van der Waals surface area contributed by atoms with Crippen molar-refractivity contribution >= 4 is 16.8 Å². The Hall–Kier alpha value is -3.18. The van der Waals surface area contributed by atoms with E-state index in [2.05, 4.69) is 20.3 Å². The van der Waals surface area contributed by atoms with E-state index >= 15 is 0 Å². The molecule has 3 aromatic rings. The minimum absolute atomic E-state index is 0.0175. The highest BCUT2D eigenvalue weighted by molar-refractivity contribution is 6.06. The van der Waals surface area contributed by atoms with Crippen LogP contribution in [0.15, 0.2) is 36.5 Å². The molecule has 1 amide bonds. The number of aromatic nitrogens is 3. The number of rotatable bonds is 7. The van der Waals surface area contributed by atoms with Gasteiger partial charge in [-0.15, -0.1) is 0 Å². The van der Waals surface area contributed by atoms with Crippen molar-refractivity contribution in [1.29, 1.82) is 0 Å². The molecule has 0 saturated carbocycles. The number of nitrogens with zero attached hydrogens (tertiary/aromatic N) is 4. The van der Waals surface area contributed by atoms with Gasteiger partial charge in [0, 0.05) is 56.4 Å². The van der Waals surface area contributed by atoms with Crippen molar-refractivity contribution in [3.05, 3.63) is 53.3 Å². The van der Waals surface area contributed by atoms with Gasteiger partial charge in [-0.2, -0.15) is 18.3 Å². The van der Waals surface area contributed by atoms with Crippen LogP contribution in [0.1, 0.15) is 40.9 Å². The van der Waals surface area contributed by atoms with Crippen LogP contribution >= 0.6 is 0 Å². The zero-order chi connectivity index (χ0) is 26.7. The molecule has 0 spiro atoms. The van der Waals surface area contributed by atoms with Crippen molar-refractivity contribution in [3.8, 4) is 5.88 Å². The van der Waals surface area contributed by atoms with E-state index in [1.54, 1.807) is 4.68 Å². The average molecular weight is 532 g/mol. The Bertz CT molecular complexity index is 1270. The molecule has 1 aromatic carbocycles. The third-order valence-corrected chi connectivity index (χ3v) is 7.17. The molecule has 0 aliphatic carbocycles. The second-order valence-electron chi connectivity index (χ2n) is 10.0. The molecule has 2 aliphatic heterocycles. The molecular formula is C27H32F3N5O3. The van der Waals surface area contributed by atoms with E-state index in [9.17, 15) is 18.0 Å². The number of fused-ring (bicyclic) bond motifs is 2. The summed E-state index contributed by atoms with van der Waals surface area (Å²) in [6, 6.07) is 8.86. The summed E-state index contributed by atoms with van der Waals surface area (Å²) in [5.41, 5.74) is 3.28. The number of halogens is 3. The first-order valence-corrected chi connectivity index (χ1v) is 13.0. The largest absolute Gasteiger partial charge is 0.468 e. The summed E-state index contributed by atoms with van der Waals surface area (Å²) in [6.45, 7) is 1.67. The maximum atomic E-state index is 12.9. The van der Waals surface area contributed by atoms with Crippen molar-refractivity contribution in [2.24, 2.45) is 7.05 Å². The van der Waals surface area contributed by atoms with Crippen LogP contribution in [0.25, 0.3) is 10.9 Å². The number of nitrogens with one attached hydrogen (secondary N) is 1. The summed E-state index contributed by atoms with van der Waals surface area (Å²) >= 11 is 0. The summed E-state index contributed by atoms with van der Waals surface area (Å²) < 4.78 is 49.9. The van der Waals surface area contributed by atoms with Gasteiger partial charge in [-0.05, 0) is 43.4 Å². The third-order valence-electron chi connectivity index (χ3n) is 7.17. The number of ether oxygens (including phenoxy) is 2. The second kappa shape index (κ2) is 11.3. The van der Waals surface area contributed by atoms with Crippen LogP contribution in [0.4, 0.5) is 13.2 Å². The predicted octanol–water partition coefficient (Wildman–Crippen LogP) is 3.68. The predicted molar refractivity (Wildman–Crippen MR) is 135 cm³/mol. The summed E-state index contributed by atoms with van der Waals surface area (Å²) in [5, 5.41) is 8.32. The van der Waals surface area contributed by atoms with Crippen molar-refractivity contribution in [2.45, 2.75) is 50.4 Å². The first-order valence-electron chi connectivity index (χ1n) is 13.0. The minimum Gasteiger partial charge on any atom is -0.468 e. The highest BCUT2D eigenvalue weighted by Gasteiger charge is 2.29. The zero-order valence-electron chi connectivity index (χ0n) is 21.3. The van der Waals surface area contributed by atoms with Gasteiger partial charge >= 0.3 is 6.18 Å².